The van der Waals surface area contributed by atoms with Crippen molar-refractivity contribution in [3.05, 3.63) is 99.9 Å². The summed E-state index contributed by atoms with van der Waals surface area (Å²) in [6, 6.07) is 4.11. The van der Waals surface area contributed by atoms with E-state index in [0.717, 1.165) is 18.2 Å². The largest absolute Gasteiger partial charge is 0.461 e. The molecule has 244 valence electrons. The number of nitrogens with one attached hydrogen (secondary N) is 2. The van der Waals surface area contributed by atoms with Gasteiger partial charge in [-0.3, -0.25) is 4.79 Å². The van der Waals surface area contributed by atoms with Gasteiger partial charge < -0.3 is 20.1 Å². The zero-order valence-corrected chi connectivity index (χ0v) is 23.5. The van der Waals surface area contributed by atoms with Gasteiger partial charge in [0, 0.05) is 23.7 Å². The highest BCUT2D eigenvalue weighted by Gasteiger charge is 2.44. The monoisotopic (exact) mass is 654 g/mol. The van der Waals surface area contributed by atoms with Crippen LogP contribution in [0.15, 0.2) is 54.6 Å². The summed E-state index contributed by atoms with van der Waals surface area (Å²) in [5, 5.41) is 4.51. The summed E-state index contributed by atoms with van der Waals surface area (Å²) in [6.07, 6.45) is -15.5. The topological polar surface area (TPSA) is 76.7 Å². The number of benzene rings is 3. The van der Waals surface area contributed by atoms with Crippen LogP contribution < -0.4 is 15.4 Å². The van der Waals surface area contributed by atoms with Crippen molar-refractivity contribution in [2.45, 2.75) is 57.7 Å². The van der Waals surface area contributed by atoms with E-state index in [9.17, 15) is 53.5 Å². The molecule has 0 aliphatic rings. The Balaban J connectivity index is 2.08. The van der Waals surface area contributed by atoms with Gasteiger partial charge in [0.15, 0.2) is 0 Å². The molecule has 0 saturated carbocycles. The molecule has 3 aromatic carbocycles. The first-order chi connectivity index (χ1) is 20.7. The molecule has 0 aliphatic carbocycles. The molecule has 3 rings (SSSR count). The minimum atomic E-state index is -5.20. The third-order valence-electron chi connectivity index (χ3n) is 5.77. The second-order valence-corrected chi connectivity index (χ2v) is 10.5. The molecule has 2 N–H and O–H groups in total. The number of halogens is 10. The van der Waals surface area contributed by atoms with Crippen LogP contribution in [0.1, 0.15) is 59.4 Å². The average molecular weight is 655 g/mol. The Hall–Kier alpha value is -4.50. The molecular weight excluding hydrogens is 630 g/mol. The molecule has 0 fully saturated rings. The minimum absolute atomic E-state index is 0.138. The van der Waals surface area contributed by atoms with Gasteiger partial charge in [-0.25, -0.2) is 18.0 Å². The van der Waals surface area contributed by atoms with Gasteiger partial charge in [0.1, 0.15) is 28.8 Å². The summed E-state index contributed by atoms with van der Waals surface area (Å²) in [4.78, 5) is 25.1. The fourth-order valence-corrected chi connectivity index (χ4v) is 3.86. The number of amides is 2. The maximum absolute atomic E-state index is 14.7. The standard InChI is InChI=1S/C29H24F10N2O4/c1-27(2,3)45-26(43)40-13-17-8-14(4-6-21(17)31)23(16-9-18(30)12-19(10-16)44-29(38,39)25(33)34)41-24(42)15-5-7-22(32)20(11-15)28(35,36)37/h4-12,23,25H,13H2,1-3H3,(H,40,43)(H,41,42). The van der Waals surface area contributed by atoms with Gasteiger partial charge in [-0.1, -0.05) is 6.07 Å². The van der Waals surface area contributed by atoms with Crippen LogP contribution in [-0.4, -0.2) is 30.1 Å². The summed E-state index contributed by atoms with van der Waals surface area (Å²) >= 11 is 0. The number of carbonyl (C=O) groups is 2. The Labute approximate surface area is 249 Å². The Morgan fingerprint density at radius 3 is 2.07 bits per heavy atom. The van der Waals surface area contributed by atoms with Crippen LogP contribution in [0.4, 0.5) is 48.7 Å². The summed E-state index contributed by atoms with van der Waals surface area (Å²) in [5.41, 5.74) is -4.28. The molecule has 0 bridgehead atoms. The first-order valence-corrected chi connectivity index (χ1v) is 12.7. The van der Waals surface area contributed by atoms with Crippen molar-refractivity contribution in [3.8, 4) is 5.75 Å². The first kappa shape index (κ1) is 35.0. The Bertz CT molecular complexity index is 1550. The quantitative estimate of drug-likeness (QED) is 0.230. The van der Waals surface area contributed by atoms with E-state index < -0.39 is 88.8 Å². The van der Waals surface area contributed by atoms with E-state index in [1.807, 2.05) is 0 Å². The number of alkyl carbamates (subject to hydrolysis) is 1. The maximum atomic E-state index is 14.7. The van der Waals surface area contributed by atoms with Crippen molar-refractivity contribution in [1.82, 2.24) is 10.6 Å². The molecule has 0 spiro atoms. The van der Waals surface area contributed by atoms with Gasteiger partial charge in [0.25, 0.3) is 5.91 Å². The van der Waals surface area contributed by atoms with Gasteiger partial charge in [0.05, 0.1) is 11.6 Å². The van der Waals surface area contributed by atoms with Crippen molar-refractivity contribution >= 4 is 12.0 Å². The molecule has 0 aromatic heterocycles. The van der Waals surface area contributed by atoms with Crippen molar-refractivity contribution in [2.75, 3.05) is 0 Å². The number of carbonyl (C=O) groups excluding carboxylic acids is 2. The number of hydrogen-bond donors (Lipinski definition) is 2. The molecule has 2 amide bonds. The zero-order chi connectivity index (χ0) is 33.9. The third kappa shape index (κ3) is 9.49. The molecule has 6 nitrogen and oxygen atoms in total. The highest BCUT2D eigenvalue weighted by Crippen LogP contribution is 2.34. The van der Waals surface area contributed by atoms with E-state index in [4.69, 9.17) is 4.74 Å². The van der Waals surface area contributed by atoms with Crippen LogP contribution in [0.3, 0.4) is 0 Å². The fraction of sp³-hybridized carbons (Fsp3) is 0.310. The molecule has 1 atom stereocenters. The Morgan fingerprint density at radius 2 is 1.47 bits per heavy atom. The van der Waals surface area contributed by atoms with Crippen molar-refractivity contribution < 1.29 is 63.0 Å². The lowest BCUT2D eigenvalue weighted by molar-refractivity contribution is -0.253. The molecule has 0 radical (unpaired) electrons. The number of ether oxygens (including phenoxy) is 2. The molecule has 0 aliphatic heterocycles. The lowest BCUT2D eigenvalue weighted by atomic mass is 9.95. The van der Waals surface area contributed by atoms with E-state index in [2.05, 4.69) is 15.4 Å². The molecule has 3 aromatic rings. The second kappa shape index (κ2) is 13.2. The van der Waals surface area contributed by atoms with Gasteiger partial charge in [-0.15, -0.1) is 0 Å². The predicted octanol–water partition coefficient (Wildman–Crippen LogP) is 7.90. The maximum Gasteiger partial charge on any atom is 0.461 e. The lowest BCUT2D eigenvalue weighted by Gasteiger charge is -2.23. The van der Waals surface area contributed by atoms with E-state index >= 15 is 0 Å². The van der Waals surface area contributed by atoms with Crippen LogP contribution >= 0.6 is 0 Å². The average Bonchev–Trinajstić information content (AvgIpc) is 2.89. The lowest BCUT2D eigenvalue weighted by Crippen LogP contribution is -2.34. The first-order valence-electron chi connectivity index (χ1n) is 12.7. The van der Waals surface area contributed by atoms with Crippen LogP contribution in [0.5, 0.6) is 5.75 Å². The molecule has 0 saturated heterocycles. The number of alkyl halides is 7. The Kier molecular flexibility index (Phi) is 10.3. The van der Waals surface area contributed by atoms with Crippen LogP contribution in [-0.2, 0) is 17.5 Å². The van der Waals surface area contributed by atoms with E-state index in [-0.39, 0.29) is 17.2 Å². The normalized spacial score (nSPS) is 12.9. The smallest absolute Gasteiger partial charge is 0.444 e. The molecule has 1 unspecified atom stereocenters. The van der Waals surface area contributed by atoms with E-state index in [1.165, 1.54) is 0 Å². The van der Waals surface area contributed by atoms with Crippen molar-refractivity contribution in [3.63, 3.8) is 0 Å². The van der Waals surface area contributed by atoms with Crippen molar-refractivity contribution in [1.29, 1.82) is 0 Å². The predicted molar refractivity (Wildman–Crippen MR) is 138 cm³/mol. The van der Waals surface area contributed by atoms with E-state index in [1.54, 1.807) is 20.8 Å². The SMILES string of the molecule is CC(C)(C)OC(=O)NCc1cc(C(NC(=O)c2ccc(F)c(C(F)(F)F)c2)c2cc(F)cc(OC(F)(F)C(F)F)c2)ccc1F. The number of rotatable bonds is 9. The zero-order valence-electron chi connectivity index (χ0n) is 23.5. The van der Waals surface area contributed by atoms with Crippen LogP contribution in [0, 0.1) is 17.5 Å². The second-order valence-electron chi connectivity index (χ2n) is 10.5. The van der Waals surface area contributed by atoms with Gasteiger partial charge in [-0.05, 0) is 74.4 Å². The Morgan fingerprint density at radius 1 is 0.822 bits per heavy atom. The summed E-state index contributed by atoms with van der Waals surface area (Å²) in [6.45, 7) is 4.19. The van der Waals surface area contributed by atoms with Crippen molar-refractivity contribution in [2.24, 2.45) is 0 Å². The van der Waals surface area contributed by atoms with Crippen LogP contribution in [0.2, 0.25) is 0 Å². The van der Waals surface area contributed by atoms with Gasteiger partial charge in [0.2, 0.25) is 0 Å². The molecular formula is C29H24F10N2O4. The molecule has 16 heteroatoms. The third-order valence-corrected chi connectivity index (χ3v) is 5.77. The fourth-order valence-electron chi connectivity index (χ4n) is 3.86. The molecule has 0 heterocycles. The minimum Gasteiger partial charge on any atom is -0.444 e. The van der Waals surface area contributed by atoms with Gasteiger partial charge in [-0.2, -0.15) is 30.7 Å². The number of hydrogen-bond acceptors (Lipinski definition) is 4. The summed E-state index contributed by atoms with van der Waals surface area (Å²) in [7, 11) is 0. The summed E-state index contributed by atoms with van der Waals surface area (Å²) in [5.74, 6) is -6.34. The van der Waals surface area contributed by atoms with E-state index in [0.29, 0.717) is 30.3 Å². The summed E-state index contributed by atoms with van der Waals surface area (Å²) < 4.78 is 144. The van der Waals surface area contributed by atoms with Crippen LogP contribution in [0.25, 0.3) is 0 Å². The van der Waals surface area contributed by atoms with Gasteiger partial charge >= 0.3 is 24.8 Å². The highest BCUT2D eigenvalue weighted by molar-refractivity contribution is 5.95. The highest BCUT2D eigenvalue weighted by atomic mass is 19.4. The molecule has 45 heavy (non-hydrogen) atoms.